The molecule has 5 heteroatoms. The maximum atomic E-state index is 4.15. The highest BCUT2D eigenvalue weighted by Crippen LogP contribution is 2.11. The van der Waals surface area contributed by atoms with Gasteiger partial charge in [-0.3, -0.25) is 4.98 Å². The van der Waals surface area contributed by atoms with Gasteiger partial charge < -0.3 is 10.6 Å². The van der Waals surface area contributed by atoms with E-state index in [0.29, 0.717) is 6.54 Å². The normalized spacial score (nSPS) is 10.0. The molecule has 0 spiro atoms. The summed E-state index contributed by atoms with van der Waals surface area (Å²) in [6, 6.07) is 3.86. The molecule has 0 fully saturated rings. The predicted molar refractivity (Wildman–Crippen MR) is 67.9 cm³/mol. The third-order valence-electron chi connectivity index (χ3n) is 2.53. The number of nitrogens with one attached hydrogen (secondary N) is 2. The van der Waals surface area contributed by atoms with E-state index >= 15 is 0 Å². The molecule has 88 valence electrons. The highest BCUT2D eigenvalue weighted by Gasteiger charge is 1.99. The molecule has 0 bridgehead atoms. The molecule has 17 heavy (non-hydrogen) atoms. The van der Waals surface area contributed by atoms with Gasteiger partial charge in [0, 0.05) is 32.1 Å². The third-order valence-corrected chi connectivity index (χ3v) is 2.53. The van der Waals surface area contributed by atoms with Crippen LogP contribution in [0.15, 0.2) is 30.9 Å². The van der Waals surface area contributed by atoms with Crippen LogP contribution >= 0.6 is 0 Å². The molecule has 2 aromatic heterocycles. The van der Waals surface area contributed by atoms with Crippen LogP contribution in [0.1, 0.15) is 11.1 Å². The summed E-state index contributed by atoms with van der Waals surface area (Å²) >= 11 is 0. The van der Waals surface area contributed by atoms with Crippen LogP contribution in [0.5, 0.6) is 0 Å². The molecule has 0 aliphatic heterocycles. The van der Waals surface area contributed by atoms with E-state index in [1.807, 2.05) is 25.4 Å². The monoisotopic (exact) mass is 229 g/mol. The van der Waals surface area contributed by atoms with E-state index in [9.17, 15) is 0 Å². The van der Waals surface area contributed by atoms with Crippen molar-refractivity contribution in [3.63, 3.8) is 0 Å². The van der Waals surface area contributed by atoms with Gasteiger partial charge >= 0.3 is 0 Å². The summed E-state index contributed by atoms with van der Waals surface area (Å²) in [7, 11) is 1.83. The Labute approximate surface area is 100 Å². The largest absolute Gasteiger partial charge is 0.373 e. The maximum Gasteiger partial charge on any atom is 0.131 e. The third kappa shape index (κ3) is 2.90. The fourth-order valence-corrected chi connectivity index (χ4v) is 1.46. The summed E-state index contributed by atoms with van der Waals surface area (Å²) in [6.07, 6.45) is 5.19. The van der Waals surface area contributed by atoms with Gasteiger partial charge in [-0.15, -0.1) is 0 Å². The van der Waals surface area contributed by atoms with Gasteiger partial charge in [-0.25, -0.2) is 9.97 Å². The lowest BCUT2D eigenvalue weighted by Gasteiger charge is -2.08. The van der Waals surface area contributed by atoms with Crippen molar-refractivity contribution >= 4 is 11.6 Å². The lowest BCUT2D eigenvalue weighted by Crippen LogP contribution is -2.04. The first-order valence-electron chi connectivity index (χ1n) is 5.43. The fourth-order valence-electron chi connectivity index (χ4n) is 1.46. The molecule has 0 unspecified atom stereocenters. The predicted octanol–water partition coefficient (Wildman–Crippen LogP) is 1.83. The van der Waals surface area contributed by atoms with Crippen molar-refractivity contribution in [2.45, 2.75) is 13.5 Å². The minimum atomic E-state index is 0.708. The van der Waals surface area contributed by atoms with E-state index in [2.05, 4.69) is 32.5 Å². The average molecular weight is 229 g/mol. The molecule has 0 aliphatic carbocycles. The van der Waals surface area contributed by atoms with Crippen LogP contribution < -0.4 is 10.6 Å². The summed E-state index contributed by atoms with van der Waals surface area (Å²) in [4.78, 5) is 12.3. The van der Waals surface area contributed by atoms with Crippen molar-refractivity contribution in [3.8, 4) is 0 Å². The Balaban J connectivity index is 2.05. The van der Waals surface area contributed by atoms with E-state index in [1.54, 1.807) is 6.20 Å². The summed E-state index contributed by atoms with van der Waals surface area (Å²) in [5.41, 5.74) is 2.38. The number of hydrogen-bond donors (Lipinski definition) is 2. The molecule has 0 aliphatic rings. The van der Waals surface area contributed by atoms with Crippen molar-refractivity contribution in [2.75, 3.05) is 17.7 Å². The first-order valence-corrected chi connectivity index (χ1v) is 5.43. The van der Waals surface area contributed by atoms with Gasteiger partial charge in [0.1, 0.15) is 18.0 Å². The van der Waals surface area contributed by atoms with E-state index in [1.165, 1.54) is 11.9 Å². The van der Waals surface area contributed by atoms with Gasteiger partial charge in [0.2, 0.25) is 0 Å². The Morgan fingerprint density at radius 3 is 2.82 bits per heavy atom. The molecular formula is C12H15N5. The number of aromatic nitrogens is 3. The van der Waals surface area contributed by atoms with E-state index in [-0.39, 0.29) is 0 Å². The Morgan fingerprint density at radius 1 is 1.24 bits per heavy atom. The van der Waals surface area contributed by atoms with Gasteiger partial charge in [0.05, 0.1) is 0 Å². The van der Waals surface area contributed by atoms with Gasteiger partial charge in [0.25, 0.3) is 0 Å². The zero-order valence-electron chi connectivity index (χ0n) is 9.94. The van der Waals surface area contributed by atoms with Crippen LogP contribution in [0.4, 0.5) is 11.6 Å². The minimum absolute atomic E-state index is 0.708. The fraction of sp³-hybridized carbons (Fsp3) is 0.250. The van der Waals surface area contributed by atoms with Crippen LogP contribution in [0, 0.1) is 6.92 Å². The van der Waals surface area contributed by atoms with Crippen LogP contribution in [0.3, 0.4) is 0 Å². The second-order valence-corrected chi connectivity index (χ2v) is 3.69. The molecule has 5 nitrogen and oxygen atoms in total. The Bertz CT molecular complexity index is 498. The molecule has 2 aromatic rings. The van der Waals surface area contributed by atoms with Crippen LogP contribution in [-0.2, 0) is 6.54 Å². The summed E-state index contributed by atoms with van der Waals surface area (Å²) in [5.74, 6) is 1.60. The Morgan fingerprint density at radius 2 is 2.06 bits per heavy atom. The number of pyridine rings is 1. The second-order valence-electron chi connectivity index (χ2n) is 3.69. The van der Waals surface area contributed by atoms with Crippen molar-refractivity contribution in [1.29, 1.82) is 0 Å². The molecule has 0 amide bonds. The highest BCUT2D eigenvalue weighted by molar-refractivity contribution is 5.46. The van der Waals surface area contributed by atoms with Gasteiger partial charge in [-0.2, -0.15) is 0 Å². The first kappa shape index (κ1) is 11.3. The number of rotatable bonds is 4. The average Bonchev–Trinajstić information content (AvgIpc) is 2.38. The van der Waals surface area contributed by atoms with Crippen molar-refractivity contribution in [1.82, 2.24) is 15.0 Å². The lowest BCUT2D eigenvalue weighted by molar-refractivity contribution is 1.05. The minimum Gasteiger partial charge on any atom is -0.373 e. The van der Waals surface area contributed by atoms with Crippen LogP contribution in [-0.4, -0.2) is 22.0 Å². The van der Waals surface area contributed by atoms with Gasteiger partial charge in [-0.1, -0.05) is 0 Å². The molecule has 0 saturated carbocycles. The van der Waals surface area contributed by atoms with Crippen LogP contribution in [0.25, 0.3) is 0 Å². The molecule has 2 heterocycles. The SMILES string of the molecule is CNc1cc(NCc2cnccc2C)ncn1. The summed E-state index contributed by atoms with van der Waals surface area (Å²) in [5, 5.41) is 6.22. The van der Waals surface area contributed by atoms with Crippen LogP contribution in [0.2, 0.25) is 0 Å². The van der Waals surface area contributed by atoms with E-state index < -0.39 is 0 Å². The molecule has 0 radical (unpaired) electrons. The smallest absolute Gasteiger partial charge is 0.131 e. The molecule has 2 N–H and O–H groups in total. The molecular weight excluding hydrogens is 214 g/mol. The number of anilines is 2. The Kier molecular flexibility index (Phi) is 3.49. The number of aryl methyl sites for hydroxylation is 1. The quantitative estimate of drug-likeness (QED) is 0.837. The summed E-state index contributed by atoms with van der Waals surface area (Å²) < 4.78 is 0. The van der Waals surface area contributed by atoms with Crippen molar-refractivity contribution in [3.05, 3.63) is 42.0 Å². The van der Waals surface area contributed by atoms with E-state index in [0.717, 1.165) is 17.2 Å². The van der Waals surface area contributed by atoms with E-state index in [4.69, 9.17) is 0 Å². The van der Waals surface area contributed by atoms with Gasteiger partial charge in [0.15, 0.2) is 0 Å². The molecule has 0 aromatic carbocycles. The molecule has 2 rings (SSSR count). The zero-order valence-corrected chi connectivity index (χ0v) is 9.94. The van der Waals surface area contributed by atoms with Crippen molar-refractivity contribution < 1.29 is 0 Å². The lowest BCUT2D eigenvalue weighted by atomic mass is 10.1. The highest BCUT2D eigenvalue weighted by atomic mass is 15.1. The first-order chi connectivity index (χ1) is 8.29. The standard InChI is InChI=1S/C12H15N5/c1-9-3-4-14-6-10(9)7-15-12-5-11(13-2)16-8-17-12/h3-6,8H,7H2,1-2H3,(H2,13,15,16,17). The topological polar surface area (TPSA) is 62.7 Å². The van der Waals surface area contributed by atoms with Gasteiger partial charge in [-0.05, 0) is 24.1 Å². The zero-order chi connectivity index (χ0) is 12.1. The Hall–Kier alpha value is -2.17. The molecule has 0 atom stereocenters. The number of hydrogen-bond acceptors (Lipinski definition) is 5. The maximum absolute atomic E-state index is 4.15. The summed E-state index contributed by atoms with van der Waals surface area (Å²) in [6.45, 7) is 2.78. The molecule has 0 saturated heterocycles. The van der Waals surface area contributed by atoms with Crippen molar-refractivity contribution in [2.24, 2.45) is 0 Å². The number of nitrogens with zero attached hydrogens (tertiary/aromatic N) is 3. The second kappa shape index (κ2) is 5.25.